The third kappa shape index (κ3) is 4.87. The first-order chi connectivity index (χ1) is 10.8. The van der Waals surface area contributed by atoms with Gasteiger partial charge in [0.15, 0.2) is 5.82 Å². The normalized spacial score (nSPS) is 12.4. The molecule has 0 fully saturated rings. The van der Waals surface area contributed by atoms with Crippen molar-refractivity contribution in [3.63, 3.8) is 0 Å². The van der Waals surface area contributed by atoms with Gasteiger partial charge in [-0.1, -0.05) is 11.2 Å². The highest BCUT2D eigenvalue weighted by Gasteiger charge is 2.16. The maximum atomic E-state index is 13.1. The van der Waals surface area contributed by atoms with Crippen LogP contribution in [0.25, 0.3) is 0 Å². The standard InChI is InChI=1S/C16H20FN3O3/c1-10-6-12(17)4-5-13(10)14(21)8-20(3)9-16(22)18-15-7-11(2)23-19-15/h4-7,14,21H,8-9H2,1-3H3,(H,18,19,22). The van der Waals surface area contributed by atoms with E-state index in [9.17, 15) is 14.3 Å². The topological polar surface area (TPSA) is 78.6 Å². The minimum Gasteiger partial charge on any atom is -0.387 e. The van der Waals surface area contributed by atoms with Crippen LogP contribution < -0.4 is 5.32 Å². The molecule has 0 aliphatic heterocycles. The number of hydrogen-bond donors (Lipinski definition) is 2. The summed E-state index contributed by atoms with van der Waals surface area (Å²) in [4.78, 5) is 13.6. The molecule has 23 heavy (non-hydrogen) atoms. The van der Waals surface area contributed by atoms with Crippen LogP contribution in [0.3, 0.4) is 0 Å². The van der Waals surface area contributed by atoms with Gasteiger partial charge in [0.05, 0.1) is 12.6 Å². The Morgan fingerprint density at radius 3 is 2.78 bits per heavy atom. The highest BCUT2D eigenvalue weighted by molar-refractivity contribution is 5.91. The average molecular weight is 321 g/mol. The zero-order valence-electron chi connectivity index (χ0n) is 13.3. The highest BCUT2D eigenvalue weighted by Crippen LogP contribution is 2.19. The zero-order chi connectivity index (χ0) is 17.0. The van der Waals surface area contributed by atoms with E-state index in [4.69, 9.17) is 4.52 Å². The number of anilines is 1. The Morgan fingerprint density at radius 2 is 2.17 bits per heavy atom. The third-order valence-corrected chi connectivity index (χ3v) is 3.38. The molecule has 1 aromatic carbocycles. The summed E-state index contributed by atoms with van der Waals surface area (Å²) in [6, 6.07) is 5.86. The Balaban J connectivity index is 1.88. The van der Waals surface area contributed by atoms with E-state index < -0.39 is 6.10 Å². The zero-order valence-corrected chi connectivity index (χ0v) is 13.3. The van der Waals surface area contributed by atoms with Crippen LogP contribution in [0.15, 0.2) is 28.8 Å². The summed E-state index contributed by atoms with van der Waals surface area (Å²) in [6.07, 6.45) is -0.803. The molecular formula is C16H20FN3O3. The first-order valence-electron chi connectivity index (χ1n) is 7.21. The Bertz CT molecular complexity index is 687. The minimum atomic E-state index is -0.803. The number of aliphatic hydroxyl groups is 1. The third-order valence-electron chi connectivity index (χ3n) is 3.38. The smallest absolute Gasteiger partial charge is 0.239 e. The molecule has 7 heteroatoms. The maximum absolute atomic E-state index is 13.1. The van der Waals surface area contributed by atoms with Gasteiger partial charge in [0.1, 0.15) is 11.6 Å². The van der Waals surface area contributed by atoms with Crippen LogP contribution in [-0.4, -0.2) is 41.2 Å². The summed E-state index contributed by atoms with van der Waals surface area (Å²) in [6.45, 7) is 3.80. The molecule has 1 atom stereocenters. The Morgan fingerprint density at radius 1 is 1.43 bits per heavy atom. The van der Waals surface area contributed by atoms with E-state index >= 15 is 0 Å². The molecule has 0 spiro atoms. The van der Waals surface area contributed by atoms with Gasteiger partial charge in [-0.25, -0.2) is 4.39 Å². The van der Waals surface area contributed by atoms with Crippen LogP contribution in [0.2, 0.25) is 0 Å². The summed E-state index contributed by atoms with van der Waals surface area (Å²) >= 11 is 0. The van der Waals surface area contributed by atoms with Gasteiger partial charge in [-0.3, -0.25) is 9.69 Å². The monoisotopic (exact) mass is 321 g/mol. The average Bonchev–Trinajstić information content (AvgIpc) is 2.83. The summed E-state index contributed by atoms with van der Waals surface area (Å²) in [5.41, 5.74) is 1.32. The number of aromatic nitrogens is 1. The van der Waals surface area contributed by atoms with Crippen molar-refractivity contribution in [1.82, 2.24) is 10.1 Å². The van der Waals surface area contributed by atoms with Crippen molar-refractivity contribution in [2.24, 2.45) is 0 Å². The minimum absolute atomic E-state index is 0.0865. The number of nitrogens with zero attached hydrogens (tertiary/aromatic N) is 2. The number of benzene rings is 1. The maximum Gasteiger partial charge on any atom is 0.239 e. The predicted octanol–water partition coefficient (Wildman–Crippen LogP) is 2.03. The van der Waals surface area contributed by atoms with Gasteiger partial charge >= 0.3 is 0 Å². The van der Waals surface area contributed by atoms with Crippen molar-refractivity contribution in [3.05, 3.63) is 47.0 Å². The molecular weight excluding hydrogens is 301 g/mol. The van der Waals surface area contributed by atoms with Crippen molar-refractivity contribution < 1.29 is 18.8 Å². The largest absolute Gasteiger partial charge is 0.387 e. The Hall–Kier alpha value is -2.25. The second kappa shape index (κ2) is 7.34. The van der Waals surface area contributed by atoms with E-state index in [1.54, 1.807) is 37.9 Å². The number of carbonyl (C=O) groups excluding carboxylic acids is 1. The molecule has 0 bridgehead atoms. The van der Waals surface area contributed by atoms with Gasteiger partial charge < -0.3 is 14.9 Å². The molecule has 124 valence electrons. The lowest BCUT2D eigenvalue weighted by Crippen LogP contribution is -2.33. The predicted molar refractivity (Wildman–Crippen MR) is 83.5 cm³/mol. The quantitative estimate of drug-likeness (QED) is 0.851. The fourth-order valence-corrected chi connectivity index (χ4v) is 2.32. The fourth-order valence-electron chi connectivity index (χ4n) is 2.32. The SMILES string of the molecule is Cc1cc(NC(=O)CN(C)CC(O)c2ccc(F)cc2C)no1. The van der Waals surface area contributed by atoms with E-state index in [0.29, 0.717) is 22.7 Å². The number of likely N-dealkylation sites (N-methyl/N-ethyl adjacent to an activating group) is 1. The number of aliphatic hydroxyl groups excluding tert-OH is 1. The summed E-state index contributed by atoms with van der Waals surface area (Å²) < 4.78 is 18.0. The molecule has 6 nitrogen and oxygen atoms in total. The lowest BCUT2D eigenvalue weighted by Gasteiger charge is -2.21. The number of rotatable bonds is 6. The first-order valence-corrected chi connectivity index (χ1v) is 7.21. The Labute approximate surface area is 133 Å². The summed E-state index contributed by atoms with van der Waals surface area (Å²) in [5.74, 6) is 0.365. The molecule has 0 aliphatic carbocycles. The van der Waals surface area contributed by atoms with E-state index in [2.05, 4.69) is 10.5 Å². The van der Waals surface area contributed by atoms with Crippen molar-refractivity contribution in [1.29, 1.82) is 0 Å². The second-order valence-corrected chi connectivity index (χ2v) is 5.58. The van der Waals surface area contributed by atoms with Crippen LogP contribution in [0.4, 0.5) is 10.2 Å². The Kier molecular flexibility index (Phi) is 5.46. The van der Waals surface area contributed by atoms with Crippen molar-refractivity contribution >= 4 is 11.7 Å². The number of amides is 1. The van der Waals surface area contributed by atoms with Crippen molar-refractivity contribution in [3.8, 4) is 0 Å². The van der Waals surface area contributed by atoms with Crippen molar-refractivity contribution in [2.75, 3.05) is 25.5 Å². The lowest BCUT2D eigenvalue weighted by atomic mass is 10.0. The van der Waals surface area contributed by atoms with Crippen molar-refractivity contribution in [2.45, 2.75) is 20.0 Å². The molecule has 0 saturated carbocycles. The summed E-state index contributed by atoms with van der Waals surface area (Å²) in [7, 11) is 1.72. The number of hydrogen-bond acceptors (Lipinski definition) is 5. The molecule has 2 N–H and O–H groups in total. The van der Waals surface area contributed by atoms with Gasteiger partial charge in [0.2, 0.25) is 5.91 Å². The van der Waals surface area contributed by atoms with E-state index in [-0.39, 0.29) is 24.8 Å². The molecule has 1 unspecified atom stereocenters. The number of carbonyl (C=O) groups is 1. The molecule has 0 aliphatic rings. The van der Waals surface area contributed by atoms with Gasteiger partial charge in [0, 0.05) is 12.6 Å². The molecule has 1 aromatic heterocycles. The van der Waals surface area contributed by atoms with E-state index in [1.165, 1.54) is 12.1 Å². The molecule has 2 aromatic rings. The number of halogens is 1. The number of aryl methyl sites for hydroxylation is 2. The fraction of sp³-hybridized carbons (Fsp3) is 0.375. The van der Waals surface area contributed by atoms with Gasteiger partial charge in [-0.05, 0) is 44.2 Å². The highest BCUT2D eigenvalue weighted by atomic mass is 19.1. The van der Waals surface area contributed by atoms with Crippen LogP contribution in [0.5, 0.6) is 0 Å². The van der Waals surface area contributed by atoms with E-state index in [0.717, 1.165) is 0 Å². The van der Waals surface area contributed by atoms with E-state index in [1.807, 2.05) is 0 Å². The van der Waals surface area contributed by atoms with Crippen LogP contribution in [0, 0.1) is 19.7 Å². The first kappa shape index (κ1) is 17.1. The van der Waals surface area contributed by atoms with Gasteiger partial charge in [0.25, 0.3) is 0 Å². The van der Waals surface area contributed by atoms with Crippen LogP contribution in [-0.2, 0) is 4.79 Å². The molecule has 2 rings (SSSR count). The molecule has 1 heterocycles. The molecule has 0 saturated heterocycles. The second-order valence-electron chi connectivity index (χ2n) is 5.58. The van der Waals surface area contributed by atoms with Gasteiger partial charge in [-0.15, -0.1) is 0 Å². The van der Waals surface area contributed by atoms with Gasteiger partial charge in [-0.2, -0.15) is 0 Å². The number of nitrogens with one attached hydrogen (secondary N) is 1. The molecule has 1 amide bonds. The summed E-state index contributed by atoms with van der Waals surface area (Å²) in [5, 5.41) is 16.5. The molecule has 0 radical (unpaired) electrons. The van der Waals surface area contributed by atoms with Crippen LogP contribution >= 0.6 is 0 Å². The lowest BCUT2D eigenvalue weighted by molar-refractivity contribution is -0.117. The van der Waals surface area contributed by atoms with Crippen LogP contribution in [0.1, 0.15) is 23.0 Å².